The SMILES string of the molecule is C=C(C)C(=O)Oc1ccc2cccc3c4cccc5cccc(c1c23)c54. The lowest BCUT2D eigenvalue weighted by Crippen LogP contribution is -2.08. The van der Waals surface area contributed by atoms with E-state index in [1.807, 2.05) is 12.1 Å². The van der Waals surface area contributed by atoms with Gasteiger partial charge >= 0.3 is 5.97 Å². The third kappa shape index (κ3) is 1.96. The maximum absolute atomic E-state index is 12.2. The van der Waals surface area contributed by atoms with Crippen LogP contribution in [0.4, 0.5) is 0 Å². The minimum Gasteiger partial charge on any atom is -0.423 e. The van der Waals surface area contributed by atoms with Gasteiger partial charge in [-0.05, 0) is 45.3 Å². The summed E-state index contributed by atoms with van der Waals surface area (Å²) < 4.78 is 5.70. The maximum atomic E-state index is 12.2. The maximum Gasteiger partial charge on any atom is 0.338 e. The molecule has 5 aromatic carbocycles. The summed E-state index contributed by atoms with van der Waals surface area (Å²) >= 11 is 0. The quantitative estimate of drug-likeness (QED) is 0.126. The molecule has 26 heavy (non-hydrogen) atoms. The van der Waals surface area contributed by atoms with E-state index in [2.05, 4.69) is 61.2 Å². The Bertz CT molecular complexity index is 1340. The van der Waals surface area contributed by atoms with Gasteiger partial charge in [-0.3, -0.25) is 0 Å². The van der Waals surface area contributed by atoms with Crippen molar-refractivity contribution in [3.63, 3.8) is 0 Å². The fraction of sp³-hybridized carbons (Fsp3) is 0.0417. The molecule has 2 nitrogen and oxygen atoms in total. The smallest absolute Gasteiger partial charge is 0.338 e. The zero-order valence-corrected chi connectivity index (χ0v) is 14.4. The lowest BCUT2D eigenvalue weighted by Gasteiger charge is -2.16. The van der Waals surface area contributed by atoms with Crippen LogP contribution in [0.2, 0.25) is 0 Å². The molecule has 124 valence electrons. The predicted molar refractivity (Wildman–Crippen MR) is 108 cm³/mol. The number of carbonyl (C=O) groups excluding carboxylic acids is 1. The molecule has 0 atom stereocenters. The molecule has 0 heterocycles. The van der Waals surface area contributed by atoms with Gasteiger partial charge in [-0.2, -0.15) is 0 Å². The van der Waals surface area contributed by atoms with E-state index in [-0.39, 0.29) is 0 Å². The van der Waals surface area contributed by atoms with Gasteiger partial charge in [0.15, 0.2) is 0 Å². The Morgan fingerprint density at radius 1 is 0.731 bits per heavy atom. The highest BCUT2D eigenvalue weighted by molar-refractivity contribution is 6.34. The monoisotopic (exact) mass is 336 g/mol. The van der Waals surface area contributed by atoms with Crippen molar-refractivity contribution in [2.75, 3.05) is 0 Å². The minimum atomic E-state index is -0.399. The van der Waals surface area contributed by atoms with Crippen molar-refractivity contribution in [2.45, 2.75) is 6.92 Å². The molecule has 0 amide bonds. The molecule has 0 aliphatic rings. The van der Waals surface area contributed by atoms with Crippen LogP contribution in [-0.2, 0) is 4.79 Å². The van der Waals surface area contributed by atoms with Crippen LogP contribution in [0, 0.1) is 0 Å². The molecular formula is C24H16O2. The van der Waals surface area contributed by atoms with Crippen LogP contribution in [-0.4, -0.2) is 5.97 Å². The molecule has 0 saturated carbocycles. The van der Waals surface area contributed by atoms with Crippen LogP contribution in [0.15, 0.2) is 78.9 Å². The number of fused-ring (bicyclic) bond motifs is 2. The third-order valence-corrected chi connectivity index (χ3v) is 5.02. The van der Waals surface area contributed by atoms with Crippen LogP contribution >= 0.6 is 0 Å². The first-order valence-corrected chi connectivity index (χ1v) is 8.61. The summed E-state index contributed by atoms with van der Waals surface area (Å²) in [5.74, 6) is 0.184. The summed E-state index contributed by atoms with van der Waals surface area (Å²) in [5.41, 5.74) is 0.389. The molecule has 0 aromatic heterocycles. The van der Waals surface area contributed by atoms with Gasteiger partial charge in [0.1, 0.15) is 5.75 Å². The molecule has 0 aliphatic heterocycles. The van der Waals surface area contributed by atoms with Gasteiger partial charge in [0, 0.05) is 16.3 Å². The molecule has 5 aromatic rings. The van der Waals surface area contributed by atoms with Gasteiger partial charge in [0.25, 0.3) is 0 Å². The van der Waals surface area contributed by atoms with Crippen LogP contribution in [0.1, 0.15) is 6.92 Å². The Morgan fingerprint density at radius 3 is 1.96 bits per heavy atom. The summed E-state index contributed by atoms with van der Waals surface area (Å²) in [7, 11) is 0. The zero-order valence-electron chi connectivity index (χ0n) is 14.4. The summed E-state index contributed by atoms with van der Waals surface area (Å²) in [4.78, 5) is 12.2. The first-order valence-electron chi connectivity index (χ1n) is 8.61. The van der Waals surface area contributed by atoms with Crippen LogP contribution in [0.25, 0.3) is 43.1 Å². The van der Waals surface area contributed by atoms with Crippen LogP contribution < -0.4 is 4.74 Å². The number of carbonyl (C=O) groups is 1. The summed E-state index contributed by atoms with van der Waals surface area (Å²) in [6, 6.07) is 22.9. The lowest BCUT2D eigenvalue weighted by molar-refractivity contribution is -0.129. The summed E-state index contributed by atoms with van der Waals surface area (Å²) in [6.07, 6.45) is 0. The number of rotatable bonds is 2. The molecule has 0 spiro atoms. The molecule has 0 fully saturated rings. The van der Waals surface area contributed by atoms with Gasteiger partial charge in [-0.15, -0.1) is 0 Å². The van der Waals surface area contributed by atoms with Crippen molar-refractivity contribution >= 4 is 49.1 Å². The topological polar surface area (TPSA) is 26.3 Å². The molecule has 2 heteroatoms. The summed E-state index contributed by atoms with van der Waals surface area (Å²) in [6.45, 7) is 5.36. The Morgan fingerprint density at radius 2 is 1.31 bits per heavy atom. The highest BCUT2D eigenvalue weighted by atomic mass is 16.5. The number of benzene rings is 5. The van der Waals surface area contributed by atoms with Crippen molar-refractivity contribution in [3.8, 4) is 5.75 Å². The molecule has 0 unspecified atom stereocenters. The van der Waals surface area contributed by atoms with Gasteiger partial charge in [0.2, 0.25) is 0 Å². The lowest BCUT2D eigenvalue weighted by atomic mass is 9.89. The van der Waals surface area contributed by atoms with Gasteiger partial charge in [-0.25, -0.2) is 4.79 Å². The van der Waals surface area contributed by atoms with Crippen LogP contribution in [0.3, 0.4) is 0 Å². The Labute approximate surface area is 150 Å². The van der Waals surface area contributed by atoms with Crippen LogP contribution in [0.5, 0.6) is 5.75 Å². The third-order valence-electron chi connectivity index (χ3n) is 5.02. The molecule has 0 aliphatic carbocycles. The van der Waals surface area contributed by atoms with Gasteiger partial charge in [0.05, 0.1) is 0 Å². The fourth-order valence-corrected chi connectivity index (χ4v) is 3.90. The second-order valence-corrected chi connectivity index (χ2v) is 6.72. The first-order chi connectivity index (χ1) is 12.6. The summed E-state index contributed by atoms with van der Waals surface area (Å²) in [5, 5.41) is 9.14. The van der Waals surface area contributed by atoms with E-state index in [4.69, 9.17) is 4.74 Å². The number of ether oxygens (including phenoxy) is 1. The average molecular weight is 336 g/mol. The second kappa shape index (κ2) is 5.30. The standard InChI is InChI=1S/C24H16O2/c1-14(2)24(25)26-20-13-12-16-8-4-10-18-17-9-3-6-15-7-5-11-19(21(15)17)23(20)22(16)18/h3-13H,1H2,2H3. The van der Waals surface area contributed by atoms with Crippen molar-refractivity contribution in [1.82, 2.24) is 0 Å². The Kier molecular flexibility index (Phi) is 3.04. The average Bonchev–Trinajstić information content (AvgIpc) is 2.66. The molecule has 0 saturated heterocycles. The molecule has 5 rings (SSSR count). The van der Waals surface area contributed by atoms with Crippen molar-refractivity contribution in [2.24, 2.45) is 0 Å². The highest BCUT2D eigenvalue weighted by Crippen LogP contribution is 2.43. The van der Waals surface area contributed by atoms with E-state index in [1.54, 1.807) is 6.92 Å². The minimum absolute atomic E-state index is 0.389. The Hall–Kier alpha value is -3.39. The van der Waals surface area contributed by atoms with Gasteiger partial charge in [-0.1, -0.05) is 67.2 Å². The van der Waals surface area contributed by atoms with E-state index in [1.165, 1.54) is 21.5 Å². The molecule has 0 radical (unpaired) electrons. The second-order valence-electron chi connectivity index (χ2n) is 6.72. The normalized spacial score (nSPS) is 11.6. The largest absolute Gasteiger partial charge is 0.423 e. The van der Waals surface area contributed by atoms with E-state index < -0.39 is 5.97 Å². The Balaban J connectivity index is 2.04. The number of hydrogen-bond acceptors (Lipinski definition) is 2. The van der Waals surface area contributed by atoms with Crippen molar-refractivity contribution in [3.05, 3.63) is 78.9 Å². The van der Waals surface area contributed by atoms with Gasteiger partial charge < -0.3 is 4.74 Å². The highest BCUT2D eigenvalue weighted by Gasteiger charge is 2.17. The molecular weight excluding hydrogens is 320 g/mol. The number of esters is 1. The molecule has 0 N–H and O–H groups in total. The molecule has 0 bridgehead atoms. The van der Waals surface area contributed by atoms with E-state index in [0.717, 1.165) is 21.5 Å². The predicted octanol–water partition coefficient (Wildman–Crippen LogP) is 6.22. The first kappa shape index (κ1) is 14.9. The van der Waals surface area contributed by atoms with Crippen molar-refractivity contribution < 1.29 is 9.53 Å². The van der Waals surface area contributed by atoms with Crippen molar-refractivity contribution in [1.29, 1.82) is 0 Å². The zero-order chi connectivity index (χ0) is 17.8. The van der Waals surface area contributed by atoms with E-state index >= 15 is 0 Å². The fourth-order valence-electron chi connectivity index (χ4n) is 3.90. The van der Waals surface area contributed by atoms with E-state index in [0.29, 0.717) is 11.3 Å². The number of hydrogen-bond donors (Lipinski definition) is 0. The van der Waals surface area contributed by atoms with E-state index in [9.17, 15) is 4.79 Å².